The van der Waals surface area contributed by atoms with Gasteiger partial charge in [-0.2, -0.15) is 4.31 Å². The summed E-state index contributed by atoms with van der Waals surface area (Å²) in [5.41, 5.74) is 0.262. The highest BCUT2D eigenvalue weighted by Gasteiger charge is 2.40. The van der Waals surface area contributed by atoms with Gasteiger partial charge in [-0.3, -0.25) is 4.79 Å². The van der Waals surface area contributed by atoms with E-state index in [0.717, 1.165) is 10.9 Å². The van der Waals surface area contributed by atoms with E-state index in [1.54, 1.807) is 19.1 Å². The summed E-state index contributed by atoms with van der Waals surface area (Å²) in [6.07, 6.45) is 0.990. The molecule has 1 amide bonds. The third-order valence-electron chi connectivity index (χ3n) is 4.66. The zero-order valence-corrected chi connectivity index (χ0v) is 18.4. The van der Waals surface area contributed by atoms with E-state index in [1.807, 2.05) is 6.92 Å². The summed E-state index contributed by atoms with van der Waals surface area (Å²) < 4.78 is 41.1. The molecule has 1 N–H and O–H groups in total. The SMILES string of the molecule is Cc1ccc(S(=O)(=O)N2CCCC2C(=O)NC(C)c2c(Cl)ccc(F)c2Cl)s1. The van der Waals surface area contributed by atoms with Crippen molar-refractivity contribution in [2.45, 2.75) is 43.0 Å². The molecular weight excluding hydrogens is 446 g/mol. The van der Waals surface area contributed by atoms with E-state index in [0.29, 0.717) is 12.8 Å². The van der Waals surface area contributed by atoms with E-state index in [-0.39, 0.29) is 26.4 Å². The molecule has 1 aromatic carbocycles. The standard InChI is InChI=1S/C18H19Cl2FN2O3S2/c1-10-5-8-15(27-10)28(25,26)23-9-3-4-14(23)18(24)22-11(2)16-12(19)6-7-13(21)17(16)20/h5-8,11,14H,3-4,9H2,1-2H3,(H,22,24). The van der Waals surface area contributed by atoms with Gasteiger partial charge in [-0.1, -0.05) is 23.2 Å². The van der Waals surface area contributed by atoms with E-state index in [2.05, 4.69) is 5.32 Å². The summed E-state index contributed by atoms with van der Waals surface area (Å²) in [5.74, 6) is -1.10. The van der Waals surface area contributed by atoms with Crippen LogP contribution in [0.5, 0.6) is 0 Å². The van der Waals surface area contributed by atoms with Gasteiger partial charge in [0.05, 0.1) is 11.1 Å². The Bertz CT molecular complexity index is 1010. The number of halogens is 3. The van der Waals surface area contributed by atoms with Crippen LogP contribution in [0.4, 0.5) is 4.39 Å². The number of amides is 1. The fourth-order valence-corrected chi connectivity index (χ4v) is 7.04. The quantitative estimate of drug-likeness (QED) is 0.660. The lowest BCUT2D eigenvalue weighted by Gasteiger charge is -2.25. The van der Waals surface area contributed by atoms with Crippen molar-refractivity contribution in [2.75, 3.05) is 6.54 Å². The minimum Gasteiger partial charge on any atom is -0.348 e. The number of hydrogen-bond donors (Lipinski definition) is 1. The molecule has 1 aromatic heterocycles. The first-order valence-electron chi connectivity index (χ1n) is 8.65. The predicted molar refractivity (Wildman–Crippen MR) is 109 cm³/mol. The highest BCUT2D eigenvalue weighted by Crippen LogP contribution is 2.34. The largest absolute Gasteiger partial charge is 0.348 e. The number of hydrogen-bond acceptors (Lipinski definition) is 4. The first-order valence-corrected chi connectivity index (χ1v) is 11.7. The zero-order chi connectivity index (χ0) is 20.6. The lowest BCUT2D eigenvalue weighted by Crippen LogP contribution is -2.46. The van der Waals surface area contributed by atoms with E-state index in [4.69, 9.17) is 23.2 Å². The van der Waals surface area contributed by atoms with E-state index >= 15 is 0 Å². The monoisotopic (exact) mass is 464 g/mol. The maximum atomic E-state index is 13.8. The second kappa shape index (κ2) is 8.28. The summed E-state index contributed by atoms with van der Waals surface area (Å²) in [5, 5.41) is 2.79. The highest BCUT2D eigenvalue weighted by molar-refractivity contribution is 7.91. The number of aryl methyl sites for hydroxylation is 1. The van der Waals surface area contributed by atoms with Crippen molar-refractivity contribution in [1.82, 2.24) is 9.62 Å². The molecule has 2 heterocycles. The van der Waals surface area contributed by atoms with Gasteiger partial charge in [0.25, 0.3) is 10.0 Å². The first-order chi connectivity index (χ1) is 13.1. The molecule has 0 radical (unpaired) electrons. The number of rotatable bonds is 5. The van der Waals surface area contributed by atoms with Gasteiger partial charge in [0, 0.05) is 22.0 Å². The maximum absolute atomic E-state index is 13.8. The molecule has 2 unspecified atom stereocenters. The van der Waals surface area contributed by atoms with Crippen LogP contribution >= 0.6 is 34.5 Å². The third-order valence-corrected chi connectivity index (χ3v) is 8.75. The van der Waals surface area contributed by atoms with Gasteiger partial charge < -0.3 is 5.32 Å². The van der Waals surface area contributed by atoms with Crippen molar-refractivity contribution >= 4 is 50.5 Å². The third kappa shape index (κ3) is 4.07. The van der Waals surface area contributed by atoms with Crippen LogP contribution in [0.15, 0.2) is 28.5 Å². The molecule has 0 saturated carbocycles. The van der Waals surface area contributed by atoms with Crippen LogP contribution in [0.25, 0.3) is 0 Å². The Morgan fingerprint density at radius 2 is 2.04 bits per heavy atom. The van der Waals surface area contributed by atoms with Gasteiger partial charge in [0.1, 0.15) is 16.1 Å². The molecule has 3 rings (SSSR count). The van der Waals surface area contributed by atoms with Crippen molar-refractivity contribution in [2.24, 2.45) is 0 Å². The van der Waals surface area contributed by atoms with Gasteiger partial charge in [-0.05, 0) is 51.0 Å². The minimum absolute atomic E-state index is 0.162. The Morgan fingerprint density at radius 3 is 2.68 bits per heavy atom. The summed E-state index contributed by atoms with van der Waals surface area (Å²) in [4.78, 5) is 13.7. The number of nitrogens with one attached hydrogen (secondary N) is 1. The van der Waals surface area contributed by atoms with Crippen molar-refractivity contribution in [3.05, 3.63) is 50.6 Å². The minimum atomic E-state index is -3.76. The predicted octanol–water partition coefficient (Wildman–Crippen LogP) is 4.53. The van der Waals surface area contributed by atoms with Crippen LogP contribution in [0.1, 0.15) is 36.2 Å². The van der Waals surface area contributed by atoms with Crippen LogP contribution in [0.3, 0.4) is 0 Å². The average Bonchev–Trinajstić information content (AvgIpc) is 3.28. The lowest BCUT2D eigenvalue weighted by atomic mass is 10.1. The summed E-state index contributed by atoms with van der Waals surface area (Å²) in [7, 11) is -3.76. The number of thiophene rings is 1. The second-order valence-corrected chi connectivity index (χ2v) is 10.8. The van der Waals surface area contributed by atoms with Crippen molar-refractivity contribution < 1.29 is 17.6 Å². The smallest absolute Gasteiger partial charge is 0.253 e. The fraction of sp³-hybridized carbons (Fsp3) is 0.389. The Hall–Kier alpha value is -1.19. The average molecular weight is 465 g/mol. The molecule has 0 spiro atoms. The molecule has 1 aliphatic heterocycles. The number of sulfonamides is 1. The molecule has 152 valence electrons. The topological polar surface area (TPSA) is 66.5 Å². The van der Waals surface area contributed by atoms with Gasteiger partial charge in [-0.15, -0.1) is 11.3 Å². The van der Waals surface area contributed by atoms with Crippen LogP contribution in [-0.4, -0.2) is 31.2 Å². The Kier molecular flexibility index (Phi) is 6.36. The maximum Gasteiger partial charge on any atom is 0.253 e. The lowest BCUT2D eigenvalue weighted by molar-refractivity contribution is -0.124. The molecule has 28 heavy (non-hydrogen) atoms. The molecule has 2 aromatic rings. The van der Waals surface area contributed by atoms with Crippen molar-refractivity contribution in [3.8, 4) is 0 Å². The van der Waals surface area contributed by atoms with Crippen LogP contribution in [-0.2, 0) is 14.8 Å². The molecule has 1 saturated heterocycles. The van der Waals surface area contributed by atoms with Gasteiger partial charge in [-0.25, -0.2) is 12.8 Å². The Morgan fingerprint density at radius 1 is 1.32 bits per heavy atom. The summed E-state index contributed by atoms with van der Waals surface area (Å²) >= 11 is 13.3. The van der Waals surface area contributed by atoms with E-state index in [1.165, 1.54) is 21.7 Å². The van der Waals surface area contributed by atoms with E-state index < -0.39 is 33.8 Å². The molecule has 0 aliphatic carbocycles. The highest BCUT2D eigenvalue weighted by atomic mass is 35.5. The molecular formula is C18H19Cl2FN2O3S2. The fourth-order valence-electron chi connectivity index (χ4n) is 3.28. The Balaban J connectivity index is 1.81. The van der Waals surface area contributed by atoms with Crippen LogP contribution < -0.4 is 5.32 Å². The number of nitrogens with zero attached hydrogens (tertiary/aromatic N) is 1. The van der Waals surface area contributed by atoms with Gasteiger partial charge in [0.15, 0.2) is 0 Å². The van der Waals surface area contributed by atoms with Crippen molar-refractivity contribution in [3.63, 3.8) is 0 Å². The molecule has 1 aliphatic rings. The first kappa shape index (κ1) is 21.5. The normalized spacial score (nSPS) is 19.0. The van der Waals surface area contributed by atoms with Crippen molar-refractivity contribution in [1.29, 1.82) is 0 Å². The number of benzene rings is 1. The van der Waals surface area contributed by atoms with Gasteiger partial charge >= 0.3 is 0 Å². The Labute approximate surface area is 177 Å². The molecule has 0 bridgehead atoms. The number of carbonyl (C=O) groups is 1. The number of carbonyl (C=O) groups excluding carboxylic acids is 1. The molecule has 2 atom stereocenters. The molecule has 10 heteroatoms. The molecule has 1 fully saturated rings. The zero-order valence-electron chi connectivity index (χ0n) is 15.2. The summed E-state index contributed by atoms with van der Waals surface area (Å²) in [6.45, 7) is 3.72. The van der Waals surface area contributed by atoms with E-state index in [9.17, 15) is 17.6 Å². The molecule has 5 nitrogen and oxygen atoms in total. The second-order valence-electron chi connectivity index (χ2n) is 6.63. The van der Waals surface area contributed by atoms with Crippen LogP contribution in [0, 0.1) is 12.7 Å². The van der Waals surface area contributed by atoms with Gasteiger partial charge in [0.2, 0.25) is 5.91 Å². The van der Waals surface area contributed by atoms with Crippen LogP contribution in [0.2, 0.25) is 10.0 Å². The summed E-state index contributed by atoms with van der Waals surface area (Å²) in [6, 6.07) is 4.29.